The Morgan fingerprint density at radius 3 is 2.71 bits per heavy atom. The van der Waals surface area contributed by atoms with Gasteiger partial charge in [-0.2, -0.15) is 4.98 Å². The summed E-state index contributed by atoms with van der Waals surface area (Å²) in [6, 6.07) is 2.15. The van der Waals surface area contributed by atoms with Crippen molar-refractivity contribution < 1.29 is 0 Å². The third kappa shape index (κ3) is 2.84. The summed E-state index contributed by atoms with van der Waals surface area (Å²) in [7, 11) is 3.89. The smallest absolute Gasteiger partial charge is 0.225 e. The van der Waals surface area contributed by atoms with E-state index in [-0.39, 0.29) is 0 Å². The van der Waals surface area contributed by atoms with E-state index in [1.165, 1.54) is 4.88 Å². The molecular weight excluding hydrogens is 302 g/mol. The summed E-state index contributed by atoms with van der Waals surface area (Å²) < 4.78 is 0. The lowest BCUT2D eigenvalue weighted by Crippen LogP contribution is -2.19. The third-order valence-corrected chi connectivity index (χ3v) is 4.91. The molecule has 3 heterocycles. The van der Waals surface area contributed by atoms with Gasteiger partial charge < -0.3 is 10.2 Å². The Hall–Kier alpha value is -1.73. The molecule has 0 unspecified atom stereocenters. The molecule has 0 aromatic carbocycles. The lowest BCUT2D eigenvalue weighted by molar-refractivity contribution is 0.874. The van der Waals surface area contributed by atoms with Gasteiger partial charge >= 0.3 is 0 Å². The Kier molecular flexibility index (Phi) is 3.77. The van der Waals surface area contributed by atoms with Gasteiger partial charge in [-0.25, -0.2) is 9.97 Å². The first kappa shape index (κ1) is 14.2. The summed E-state index contributed by atoms with van der Waals surface area (Å²) in [5.41, 5.74) is 1.07. The van der Waals surface area contributed by atoms with Crippen LogP contribution in [0.5, 0.6) is 0 Å². The molecule has 0 saturated carbocycles. The molecule has 3 aromatic heterocycles. The van der Waals surface area contributed by atoms with E-state index in [0.29, 0.717) is 5.95 Å². The highest BCUT2D eigenvalue weighted by molar-refractivity contribution is 7.18. The normalized spacial score (nSPS) is 11.0. The summed E-state index contributed by atoms with van der Waals surface area (Å²) in [5, 5.41) is 7.33. The summed E-state index contributed by atoms with van der Waals surface area (Å²) in [4.78, 5) is 18.1. The Morgan fingerprint density at radius 1 is 1.24 bits per heavy atom. The van der Waals surface area contributed by atoms with Crippen LogP contribution in [0.4, 0.5) is 11.8 Å². The van der Waals surface area contributed by atoms with Gasteiger partial charge in [-0.1, -0.05) is 0 Å². The van der Waals surface area contributed by atoms with Gasteiger partial charge in [0, 0.05) is 24.4 Å². The van der Waals surface area contributed by atoms with E-state index in [1.54, 1.807) is 22.7 Å². The second kappa shape index (κ2) is 5.57. The summed E-state index contributed by atoms with van der Waals surface area (Å²) in [6.07, 6.45) is 0. The van der Waals surface area contributed by atoms with Crippen molar-refractivity contribution in [2.45, 2.75) is 20.4 Å². The van der Waals surface area contributed by atoms with Crippen LogP contribution in [-0.2, 0) is 6.54 Å². The molecule has 0 aliphatic carbocycles. The molecule has 0 atom stereocenters. The van der Waals surface area contributed by atoms with Gasteiger partial charge in [0.15, 0.2) is 0 Å². The zero-order valence-corrected chi connectivity index (χ0v) is 14.1. The molecule has 0 radical (unpaired) electrons. The number of hydrogen-bond donors (Lipinski definition) is 1. The molecule has 0 aliphatic rings. The van der Waals surface area contributed by atoms with Crippen LogP contribution in [0.25, 0.3) is 10.2 Å². The monoisotopic (exact) mass is 319 g/mol. The van der Waals surface area contributed by atoms with Crippen LogP contribution in [0.3, 0.4) is 0 Å². The highest BCUT2D eigenvalue weighted by Gasteiger charge is 2.14. The Bertz CT molecular complexity index is 777. The van der Waals surface area contributed by atoms with Crippen molar-refractivity contribution >= 4 is 44.7 Å². The number of aryl methyl sites for hydroxylation is 2. The number of fused-ring (bicyclic) bond motifs is 1. The van der Waals surface area contributed by atoms with Crippen LogP contribution in [0.2, 0.25) is 0 Å². The number of aromatic nitrogens is 3. The van der Waals surface area contributed by atoms with Gasteiger partial charge in [0.1, 0.15) is 10.6 Å². The minimum absolute atomic E-state index is 0.653. The highest BCUT2D eigenvalue weighted by Crippen LogP contribution is 2.31. The van der Waals surface area contributed by atoms with Gasteiger partial charge in [0.2, 0.25) is 5.95 Å². The number of rotatable bonds is 4. The average molecular weight is 319 g/mol. The second-order valence-electron chi connectivity index (χ2n) is 4.91. The number of anilines is 2. The van der Waals surface area contributed by atoms with Crippen molar-refractivity contribution in [2.24, 2.45) is 0 Å². The minimum Gasteiger partial charge on any atom is -0.357 e. The van der Waals surface area contributed by atoms with E-state index in [1.807, 2.05) is 21.0 Å². The van der Waals surface area contributed by atoms with E-state index in [4.69, 9.17) is 0 Å². The molecule has 0 amide bonds. The number of hydrogen-bond acceptors (Lipinski definition) is 7. The van der Waals surface area contributed by atoms with E-state index < -0.39 is 0 Å². The summed E-state index contributed by atoms with van der Waals surface area (Å²) >= 11 is 3.37. The third-order valence-electron chi connectivity index (χ3n) is 3.15. The predicted molar refractivity (Wildman–Crippen MR) is 90.7 cm³/mol. The number of thiazole rings is 1. The number of thiophene rings is 1. The first-order valence-corrected chi connectivity index (χ1v) is 8.34. The molecule has 7 heteroatoms. The standard InChI is InChI=1S/C14H17N5S2/c1-8-5-11-12(17-14(15-3)18-13(11)21-8)19(4)6-10-7-20-9(2)16-10/h5,7H,6H2,1-4H3,(H,15,17,18). The molecule has 0 aliphatic heterocycles. The molecular formula is C14H17N5S2. The maximum absolute atomic E-state index is 4.62. The molecule has 21 heavy (non-hydrogen) atoms. The Labute approximate surface area is 131 Å². The van der Waals surface area contributed by atoms with Crippen LogP contribution in [0, 0.1) is 13.8 Å². The first-order valence-electron chi connectivity index (χ1n) is 6.65. The van der Waals surface area contributed by atoms with Crippen molar-refractivity contribution in [3.8, 4) is 0 Å². The number of nitrogens with one attached hydrogen (secondary N) is 1. The van der Waals surface area contributed by atoms with Crippen LogP contribution in [-0.4, -0.2) is 29.0 Å². The lowest BCUT2D eigenvalue weighted by Gasteiger charge is -2.18. The molecule has 0 spiro atoms. The van der Waals surface area contributed by atoms with E-state index in [0.717, 1.165) is 33.3 Å². The summed E-state index contributed by atoms with van der Waals surface area (Å²) in [6.45, 7) is 4.87. The first-order chi connectivity index (χ1) is 10.1. The van der Waals surface area contributed by atoms with E-state index in [2.05, 4.69) is 43.5 Å². The van der Waals surface area contributed by atoms with Crippen LogP contribution in [0.1, 0.15) is 15.6 Å². The van der Waals surface area contributed by atoms with Crippen molar-refractivity contribution in [3.05, 3.63) is 27.0 Å². The van der Waals surface area contributed by atoms with Gasteiger partial charge in [-0.15, -0.1) is 22.7 Å². The average Bonchev–Trinajstić information content (AvgIpc) is 3.02. The molecule has 5 nitrogen and oxygen atoms in total. The van der Waals surface area contributed by atoms with Gasteiger partial charge in [0.05, 0.1) is 22.6 Å². The molecule has 0 saturated heterocycles. The predicted octanol–water partition coefficient (Wildman–Crippen LogP) is 3.44. The van der Waals surface area contributed by atoms with E-state index in [9.17, 15) is 0 Å². The topological polar surface area (TPSA) is 53.9 Å². The quantitative estimate of drug-likeness (QED) is 0.798. The zero-order valence-electron chi connectivity index (χ0n) is 12.5. The van der Waals surface area contributed by atoms with Gasteiger partial charge in [0.25, 0.3) is 0 Å². The second-order valence-corrected chi connectivity index (χ2v) is 7.21. The Morgan fingerprint density at radius 2 is 2.05 bits per heavy atom. The molecule has 0 fully saturated rings. The van der Waals surface area contributed by atoms with Crippen molar-refractivity contribution in [2.75, 3.05) is 24.3 Å². The van der Waals surface area contributed by atoms with Crippen LogP contribution < -0.4 is 10.2 Å². The maximum atomic E-state index is 4.62. The molecule has 3 aromatic rings. The van der Waals surface area contributed by atoms with E-state index >= 15 is 0 Å². The van der Waals surface area contributed by atoms with Crippen molar-refractivity contribution in [1.82, 2.24) is 15.0 Å². The van der Waals surface area contributed by atoms with Crippen molar-refractivity contribution in [3.63, 3.8) is 0 Å². The minimum atomic E-state index is 0.653. The SMILES string of the molecule is CNc1nc(N(C)Cc2csc(C)n2)c2cc(C)sc2n1. The summed E-state index contributed by atoms with van der Waals surface area (Å²) in [5.74, 6) is 1.60. The van der Waals surface area contributed by atoms with Crippen molar-refractivity contribution in [1.29, 1.82) is 0 Å². The zero-order chi connectivity index (χ0) is 15.0. The maximum Gasteiger partial charge on any atom is 0.225 e. The number of nitrogens with zero attached hydrogens (tertiary/aromatic N) is 4. The molecule has 0 bridgehead atoms. The van der Waals surface area contributed by atoms with Crippen LogP contribution >= 0.6 is 22.7 Å². The fourth-order valence-corrected chi connectivity index (χ4v) is 3.71. The van der Waals surface area contributed by atoms with Gasteiger partial charge in [-0.3, -0.25) is 0 Å². The Balaban J connectivity index is 2.01. The van der Waals surface area contributed by atoms with Gasteiger partial charge in [-0.05, 0) is 19.9 Å². The fourth-order valence-electron chi connectivity index (χ4n) is 2.23. The van der Waals surface area contributed by atoms with Crippen LogP contribution in [0.15, 0.2) is 11.4 Å². The largest absolute Gasteiger partial charge is 0.357 e. The molecule has 110 valence electrons. The fraction of sp³-hybridized carbons (Fsp3) is 0.357. The lowest BCUT2D eigenvalue weighted by atomic mass is 10.3. The molecule has 3 rings (SSSR count). The highest BCUT2D eigenvalue weighted by atomic mass is 32.1. The molecule has 1 N–H and O–H groups in total.